The van der Waals surface area contributed by atoms with E-state index in [0.717, 1.165) is 30.2 Å². The minimum Gasteiger partial charge on any atom is -0.484 e. The molecule has 1 aliphatic heterocycles. The number of carboxylic acids is 1. The van der Waals surface area contributed by atoms with E-state index in [1.54, 1.807) is 20.2 Å². The van der Waals surface area contributed by atoms with Crippen molar-refractivity contribution in [2.24, 2.45) is 11.8 Å². The average Bonchev–Trinajstić information content (AvgIpc) is 3.73. The zero-order chi connectivity index (χ0) is 25.4. The standard InChI is InChI=1S/C27H28FN3O5/c1-14(27(32)33)26(15-4-5-15)16-6-7-17-22(34-2)10-24(36-23(17)8-16)21-13-29-20(12-30-21)18-9-25(35-3)31-11-19(18)28/h6-9,11-15,22,24,26H,4-5,10H2,1-3H3,(H,32,33)/t14-,22-,24+,26?/m0/s1. The summed E-state index contributed by atoms with van der Waals surface area (Å²) < 4.78 is 31.5. The second-order valence-corrected chi connectivity index (χ2v) is 9.39. The third-order valence-corrected chi connectivity index (χ3v) is 7.13. The second-order valence-electron chi connectivity index (χ2n) is 9.39. The van der Waals surface area contributed by atoms with Crippen LogP contribution in [-0.2, 0) is 9.53 Å². The maximum atomic E-state index is 14.3. The molecule has 1 aromatic carbocycles. The molecule has 0 bridgehead atoms. The number of pyridine rings is 1. The van der Waals surface area contributed by atoms with Crippen molar-refractivity contribution in [1.82, 2.24) is 15.0 Å². The van der Waals surface area contributed by atoms with E-state index >= 15 is 0 Å². The summed E-state index contributed by atoms with van der Waals surface area (Å²) in [7, 11) is 3.11. The topological polar surface area (TPSA) is 104 Å². The van der Waals surface area contributed by atoms with E-state index in [1.807, 2.05) is 18.2 Å². The van der Waals surface area contributed by atoms with E-state index in [0.29, 0.717) is 29.5 Å². The van der Waals surface area contributed by atoms with Crippen molar-refractivity contribution in [1.29, 1.82) is 0 Å². The van der Waals surface area contributed by atoms with E-state index in [9.17, 15) is 14.3 Å². The zero-order valence-corrected chi connectivity index (χ0v) is 20.3. The molecule has 188 valence electrons. The van der Waals surface area contributed by atoms with Gasteiger partial charge >= 0.3 is 5.97 Å². The van der Waals surface area contributed by atoms with Crippen LogP contribution < -0.4 is 9.47 Å². The smallest absolute Gasteiger partial charge is 0.306 e. The molecular weight excluding hydrogens is 465 g/mol. The number of rotatable bonds is 8. The molecule has 1 unspecified atom stereocenters. The Morgan fingerprint density at radius 1 is 1.14 bits per heavy atom. The van der Waals surface area contributed by atoms with Crippen LogP contribution in [0, 0.1) is 17.7 Å². The molecule has 0 amide bonds. The fourth-order valence-electron chi connectivity index (χ4n) is 5.00. The lowest BCUT2D eigenvalue weighted by molar-refractivity contribution is -0.142. The van der Waals surface area contributed by atoms with Gasteiger partial charge < -0.3 is 19.3 Å². The van der Waals surface area contributed by atoms with Gasteiger partial charge in [0.25, 0.3) is 0 Å². The Labute approximate surface area is 208 Å². The Kier molecular flexibility index (Phi) is 6.57. The second kappa shape index (κ2) is 9.81. The lowest BCUT2D eigenvalue weighted by Crippen LogP contribution is -2.23. The van der Waals surface area contributed by atoms with Crippen molar-refractivity contribution < 1.29 is 28.5 Å². The fourth-order valence-corrected chi connectivity index (χ4v) is 5.00. The van der Waals surface area contributed by atoms with Gasteiger partial charge in [-0.1, -0.05) is 19.1 Å². The SMILES string of the molecule is COc1cc(-c2cnc([C@H]3C[C@H](OC)c4ccc(C(C5CC5)[C@H](C)C(=O)O)cc4O3)cn2)c(F)cn1. The first kappa shape index (κ1) is 24.1. The lowest BCUT2D eigenvalue weighted by atomic mass is 9.82. The molecule has 8 nitrogen and oxygen atoms in total. The Bertz CT molecular complexity index is 1260. The van der Waals surface area contributed by atoms with Crippen molar-refractivity contribution in [3.8, 4) is 22.9 Å². The molecule has 4 atom stereocenters. The van der Waals surface area contributed by atoms with Gasteiger partial charge in [0, 0.05) is 30.7 Å². The molecule has 1 aliphatic carbocycles. The third kappa shape index (κ3) is 4.63. The maximum Gasteiger partial charge on any atom is 0.306 e. The first-order valence-corrected chi connectivity index (χ1v) is 12.0. The molecule has 0 saturated heterocycles. The summed E-state index contributed by atoms with van der Waals surface area (Å²) in [5.41, 5.74) is 3.08. The number of halogens is 1. The predicted octanol–water partition coefficient (Wildman–Crippen LogP) is 5.11. The van der Waals surface area contributed by atoms with E-state index in [1.165, 1.54) is 19.4 Å². The number of aromatic nitrogens is 3. The Hall–Kier alpha value is -3.59. The minimum absolute atomic E-state index is 0.0657. The summed E-state index contributed by atoms with van der Waals surface area (Å²) in [4.78, 5) is 24.5. The number of benzene rings is 1. The van der Waals surface area contributed by atoms with E-state index in [-0.39, 0.29) is 23.5 Å². The highest BCUT2D eigenvalue weighted by Gasteiger charge is 2.40. The summed E-state index contributed by atoms with van der Waals surface area (Å²) >= 11 is 0. The number of aliphatic carboxylic acids is 1. The molecule has 36 heavy (non-hydrogen) atoms. The van der Waals surface area contributed by atoms with Crippen LogP contribution in [-0.4, -0.2) is 40.2 Å². The van der Waals surface area contributed by atoms with Crippen LogP contribution in [0.15, 0.2) is 42.9 Å². The van der Waals surface area contributed by atoms with Crippen molar-refractivity contribution in [2.45, 2.75) is 44.3 Å². The Balaban J connectivity index is 1.43. The molecule has 0 spiro atoms. The van der Waals surface area contributed by atoms with E-state index in [4.69, 9.17) is 14.2 Å². The fraction of sp³-hybridized carbons (Fsp3) is 0.407. The highest BCUT2D eigenvalue weighted by Crippen LogP contribution is 2.49. The first-order chi connectivity index (χ1) is 17.4. The molecule has 2 aliphatic rings. The van der Waals surface area contributed by atoms with Crippen LogP contribution in [0.2, 0.25) is 0 Å². The van der Waals surface area contributed by atoms with Crippen LogP contribution in [0.25, 0.3) is 11.3 Å². The number of hydrogen-bond donors (Lipinski definition) is 1. The van der Waals surface area contributed by atoms with Gasteiger partial charge in [-0.3, -0.25) is 14.8 Å². The summed E-state index contributed by atoms with van der Waals surface area (Å²) in [6.45, 7) is 1.77. The lowest BCUT2D eigenvalue weighted by Gasteiger charge is -2.32. The van der Waals surface area contributed by atoms with Gasteiger partial charge in [-0.05, 0) is 36.3 Å². The highest BCUT2D eigenvalue weighted by molar-refractivity contribution is 5.71. The monoisotopic (exact) mass is 493 g/mol. The van der Waals surface area contributed by atoms with Crippen molar-refractivity contribution in [3.05, 3.63) is 65.5 Å². The Morgan fingerprint density at radius 3 is 2.58 bits per heavy atom. The molecule has 0 radical (unpaired) electrons. The van der Waals surface area contributed by atoms with Gasteiger partial charge in [-0.25, -0.2) is 9.37 Å². The van der Waals surface area contributed by atoms with Gasteiger partial charge in [-0.2, -0.15) is 0 Å². The molecular formula is C27H28FN3O5. The molecule has 1 N–H and O–H groups in total. The predicted molar refractivity (Wildman–Crippen MR) is 128 cm³/mol. The van der Waals surface area contributed by atoms with Gasteiger partial charge in [-0.15, -0.1) is 0 Å². The number of fused-ring (bicyclic) bond motifs is 1. The van der Waals surface area contributed by atoms with Crippen LogP contribution in [0.4, 0.5) is 4.39 Å². The van der Waals surface area contributed by atoms with E-state index < -0.39 is 23.8 Å². The summed E-state index contributed by atoms with van der Waals surface area (Å²) in [6.07, 6.45) is 6.14. The van der Waals surface area contributed by atoms with Gasteiger partial charge in [0.05, 0.1) is 49.1 Å². The molecule has 9 heteroatoms. The van der Waals surface area contributed by atoms with Crippen molar-refractivity contribution in [3.63, 3.8) is 0 Å². The van der Waals surface area contributed by atoms with Crippen LogP contribution in [0.1, 0.15) is 61.1 Å². The summed E-state index contributed by atoms with van der Waals surface area (Å²) in [6, 6.07) is 7.41. The zero-order valence-electron chi connectivity index (χ0n) is 20.3. The summed E-state index contributed by atoms with van der Waals surface area (Å²) in [5.74, 6) is -0.551. The number of nitrogens with zero attached hydrogens (tertiary/aromatic N) is 3. The average molecular weight is 494 g/mol. The maximum absolute atomic E-state index is 14.3. The quantitative estimate of drug-likeness (QED) is 0.462. The number of methoxy groups -OCH3 is 2. The van der Waals surface area contributed by atoms with Crippen molar-refractivity contribution in [2.75, 3.05) is 14.2 Å². The first-order valence-electron chi connectivity index (χ1n) is 12.0. The van der Waals surface area contributed by atoms with Gasteiger partial charge in [0.2, 0.25) is 5.88 Å². The molecule has 2 aromatic heterocycles. The van der Waals surface area contributed by atoms with E-state index in [2.05, 4.69) is 15.0 Å². The van der Waals surface area contributed by atoms with Gasteiger partial charge in [0.15, 0.2) is 5.82 Å². The Morgan fingerprint density at radius 2 is 1.94 bits per heavy atom. The number of carboxylic acid groups (broad SMARTS) is 1. The highest BCUT2D eigenvalue weighted by atomic mass is 19.1. The molecule has 1 fully saturated rings. The molecule has 3 aromatic rings. The summed E-state index contributed by atoms with van der Waals surface area (Å²) in [5, 5.41) is 9.65. The third-order valence-electron chi connectivity index (χ3n) is 7.13. The van der Waals surface area contributed by atoms with Crippen LogP contribution in [0.3, 0.4) is 0 Å². The number of carbonyl (C=O) groups is 1. The minimum atomic E-state index is -0.795. The largest absolute Gasteiger partial charge is 0.484 e. The van der Waals surface area contributed by atoms with Crippen molar-refractivity contribution >= 4 is 5.97 Å². The molecule has 3 heterocycles. The normalized spacial score (nSPS) is 20.7. The number of hydrogen-bond acceptors (Lipinski definition) is 7. The number of ether oxygens (including phenoxy) is 3. The van der Waals surface area contributed by atoms with Gasteiger partial charge in [0.1, 0.15) is 11.9 Å². The van der Waals surface area contributed by atoms with Crippen LogP contribution >= 0.6 is 0 Å². The van der Waals surface area contributed by atoms with Crippen LogP contribution in [0.5, 0.6) is 11.6 Å². The molecule has 5 rings (SSSR count). The molecule has 1 saturated carbocycles.